The molecule has 0 atom stereocenters. The van der Waals surface area contributed by atoms with Gasteiger partial charge >= 0.3 is 0 Å². The Labute approximate surface area is 181 Å². The second kappa shape index (κ2) is 8.12. The van der Waals surface area contributed by atoms with Gasteiger partial charge in [-0.15, -0.1) is 0 Å². The lowest BCUT2D eigenvalue weighted by molar-refractivity contribution is 0.102. The molecule has 146 valence electrons. The summed E-state index contributed by atoms with van der Waals surface area (Å²) in [7, 11) is 3.08. The van der Waals surface area contributed by atoms with Crippen LogP contribution < -0.4 is 14.8 Å². The highest BCUT2D eigenvalue weighted by atomic mass is 127. The van der Waals surface area contributed by atoms with Crippen molar-refractivity contribution in [1.29, 1.82) is 0 Å². The highest BCUT2D eigenvalue weighted by Crippen LogP contribution is 2.28. The molecule has 0 aliphatic heterocycles. The Morgan fingerprint density at radius 2 is 1.76 bits per heavy atom. The second-order valence-corrected chi connectivity index (χ2v) is 7.51. The monoisotopic (exact) mass is 500 g/mol. The summed E-state index contributed by atoms with van der Waals surface area (Å²) in [6.07, 6.45) is 0. The minimum atomic E-state index is -0.275. The Balaban J connectivity index is 1.61. The maximum Gasteiger partial charge on any atom is 0.255 e. The van der Waals surface area contributed by atoms with Gasteiger partial charge < -0.3 is 19.2 Å². The van der Waals surface area contributed by atoms with Gasteiger partial charge in [-0.05, 0) is 71.1 Å². The number of hydrogen-bond donors (Lipinski definition) is 1. The number of hydrogen-bond acceptors (Lipinski definition) is 5. The Kier molecular flexibility index (Phi) is 5.39. The molecule has 7 heteroatoms. The molecule has 4 rings (SSSR count). The van der Waals surface area contributed by atoms with E-state index in [9.17, 15) is 4.79 Å². The number of carbonyl (C=O) groups is 1. The van der Waals surface area contributed by atoms with Crippen LogP contribution in [0.4, 0.5) is 5.69 Å². The first kappa shape index (κ1) is 19.3. The Morgan fingerprint density at radius 3 is 2.45 bits per heavy atom. The minimum absolute atomic E-state index is 0.275. The van der Waals surface area contributed by atoms with Crippen molar-refractivity contribution in [3.63, 3.8) is 0 Å². The van der Waals surface area contributed by atoms with E-state index in [1.165, 1.54) is 0 Å². The van der Waals surface area contributed by atoms with Gasteiger partial charge in [0.15, 0.2) is 5.58 Å². The lowest BCUT2D eigenvalue weighted by Gasteiger charge is -2.09. The first-order valence-corrected chi connectivity index (χ1v) is 9.84. The zero-order valence-corrected chi connectivity index (χ0v) is 17.9. The molecule has 0 fully saturated rings. The molecule has 3 aromatic carbocycles. The first-order valence-electron chi connectivity index (χ1n) is 8.76. The number of aromatic nitrogens is 1. The summed E-state index contributed by atoms with van der Waals surface area (Å²) >= 11 is 2.25. The number of amides is 1. The van der Waals surface area contributed by atoms with Gasteiger partial charge in [0.25, 0.3) is 5.91 Å². The predicted octanol–water partition coefficient (Wildman–Crippen LogP) is 5.37. The molecule has 0 aliphatic carbocycles. The molecule has 0 saturated heterocycles. The maximum atomic E-state index is 12.7. The van der Waals surface area contributed by atoms with Crippen molar-refractivity contribution in [3.05, 3.63) is 69.8 Å². The molecule has 1 aromatic heterocycles. The Morgan fingerprint density at radius 1 is 1.00 bits per heavy atom. The summed E-state index contributed by atoms with van der Waals surface area (Å²) in [4.78, 5) is 17.2. The molecule has 0 saturated carbocycles. The van der Waals surface area contributed by atoms with Crippen LogP contribution in [0, 0.1) is 3.57 Å². The van der Waals surface area contributed by atoms with E-state index in [1.54, 1.807) is 50.6 Å². The summed E-state index contributed by atoms with van der Waals surface area (Å²) < 4.78 is 17.4. The molecule has 6 nitrogen and oxygen atoms in total. The summed E-state index contributed by atoms with van der Waals surface area (Å²) in [5.41, 5.74) is 3.27. The number of benzene rings is 3. The molecule has 29 heavy (non-hydrogen) atoms. The fourth-order valence-corrected chi connectivity index (χ4v) is 3.44. The highest BCUT2D eigenvalue weighted by molar-refractivity contribution is 14.1. The molecule has 1 heterocycles. The smallest absolute Gasteiger partial charge is 0.255 e. The van der Waals surface area contributed by atoms with Crippen molar-refractivity contribution in [3.8, 4) is 23.0 Å². The summed E-state index contributed by atoms with van der Waals surface area (Å²) in [6.45, 7) is 0. The van der Waals surface area contributed by atoms with Crippen molar-refractivity contribution in [2.75, 3.05) is 19.5 Å². The minimum Gasteiger partial charge on any atom is -0.497 e. The lowest BCUT2D eigenvalue weighted by Crippen LogP contribution is -2.12. The average Bonchev–Trinajstić information content (AvgIpc) is 3.16. The van der Waals surface area contributed by atoms with Gasteiger partial charge in [-0.3, -0.25) is 4.79 Å². The van der Waals surface area contributed by atoms with Crippen LogP contribution >= 0.6 is 22.6 Å². The van der Waals surface area contributed by atoms with Crippen molar-refractivity contribution in [2.24, 2.45) is 0 Å². The van der Waals surface area contributed by atoms with E-state index in [-0.39, 0.29) is 5.91 Å². The molecule has 0 aliphatic rings. The molecule has 4 aromatic rings. The number of nitrogens with one attached hydrogen (secondary N) is 1. The van der Waals surface area contributed by atoms with Crippen molar-refractivity contribution in [2.45, 2.75) is 0 Å². The third kappa shape index (κ3) is 4.19. The third-order valence-electron chi connectivity index (χ3n) is 4.33. The number of fused-ring (bicyclic) bond motifs is 1. The van der Waals surface area contributed by atoms with Crippen LogP contribution in [0.15, 0.2) is 65.1 Å². The number of anilines is 1. The van der Waals surface area contributed by atoms with Crippen LogP contribution in [0.3, 0.4) is 0 Å². The van der Waals surface area contributed by atoms with E-state index in [0.717, 1.165) is 9.13 Å². The zero-order valence-electron chi connectivity index (χ0n) is 15.7. The Hall–Kier alpha value is -3.07. The summed E-state index contributed by atoms with van der Waals surface area (Å²) in [5, 5.41) is 2.88. The van der Waals surface area contributed by atoms with Gasteiger partial charge in [-0.25, -0.2) is 4.98 Å². The predicted molar refractivity (Wildman–Crippen MR) is 120 cm³/mol. The molecule has 0 radical (unpaired) electrons. The number of oxazole rings is 1. The molecule has 0 unspecified atom stereocenters. The van der Waals surface area contributed by atoms with Crippen molar-refractivity contribution in [1.82, 2.24) is 4.98 Å². The first-order chi connectivity index (χ1) is 14.1. The zero-order chi connectivity index (χ0) is 20.4. The standard InChI is InChI=1S/C22H17IN2O4/c1-27-17-9-14(10-18(12-17)28-2)21(26)24-16-6-7-20-19(11-16)25-22(29-20)13-4-3-5-15(23)8-13/h3-12H,1-2H3,(H,24,26). The van der Waals surface area contributed by atoms with Crippen LogP contribution in [0.2, 0.25) is 0 Å². The van der Waals surface area contributed by atoms with Crippen LogP contribution in [-0.4, -0.2) is 25.1 Å². The van der Waals surface area contributed by atoms with Crippen molar-refractivity contribution >= 4 is 45.3 Å². The van der Waals surface area contributed by atoms with Crippen molar-refractivity contribution < 1.29 is 18.7 Å². The molecule has 0 bridgehead atoms. The quantitative estimate of drug-likeness (QED) is 0.373. The Bertz CT molecular complexity index is 1180. The van der Waals surface area contributed by atoms with Gasteiger partial charge in [0.2, 0.25) is 5.89 Å². The maximum absolute atomic E-state index is 12.7. The van der Waals surface area contributed by atoms with E-state index >= 15 is 0 Å². The molecule has 1 amide bonds. The van der Waals surface area contributed by atoms with E-state index < -0.39 is 0 Å². The van der Waals surface area contributed by atoms with Gasteiger partial charge in [0.1, 0.15) is 17.0 Å². The van der Waals surface area contributed by atoms with Gasteiger partial charge in [-0.2, -0.15) is 0 Å². The third-order valence-corrected chi connectivity index (χ3v) is 5.00. The van der Waals surface area contributed by atoms with E-state index in [2.05, 4.69) is 32.9 Å². The van der Waals surface area contributed by atoms with E-state index in [4.69, 9.17) is 13.9 Å². The highest BCUT2D eigenvalue weighted by Gasteiger charge is 2.13. The largest absolute Gasteiger partial charge is 0.497 e. The second-order valence-electron chi connectivity index (χ2n) is 6.27. The number of methoxy groups -OCH3 is 2. The van der Waals surface area contributed by atoms with Crippen LogP contribution in [0.25, 0.3) is 22.6 Å². The van der Waals surface area contributed by atoms with E-state index in [1.807, 2.05) is 24.3 Å². The van der Waals surface area contributed by atoms with E-state index in [0.29, 0.717) is 39.7 Å². The van der Waals surface area contributed by atoms with Crippen LogP contribution in [0.5, 0.6) is 11.5 Å². The summed E-state index contributed by atoms with van der Waals surface area (Å²) in [5.74, 6) is 1.36. The summed E-state index contributed by atoms with van der Waals surface area (Å²) in [6, 6.07) is 18.3. The normalized spacial score (nSPS) is 10.7. The number of rotatable bonds is 5. The van der Waals surface area contributed by atoms with Gasteiger partial charge in [0.05, 0.1) is 14.2 Å². The van der Waals surface area contributed by atoms with Gasteiger partial charge in [0, 0.05) is 26.5 Å². The molecule has 0 spiro atoms. The molecular weight excluding hydrogens is 483 g/mol. The SMILES string of the molecule is COc1cc(OC)cc(C(=O)Nc2ccc3oc(-c4cccc(I)c4)nc3c2)c1. The van der Waals surface area contributed by atoms with Crippen LogP contribution in [-0.2, 0) is 0 Å². The topological polar surface area (TPSA) is 73.6 Å². The lowest BCUT2D eigenvalue weighted by atomic mass is 10.1. The van der Waals surface area contributed by atoms with Crippen LogP contribution in [0.1, 0.15) is 10.4 Å². The fraction of sp³-hybridized carbons (Fsp3) is 0.0909. The number of carbonyl (C=O) groups excluding carboxylic acids is 1. The van der Waals surface area contributed by atoms with Gasteiger partial charge in [-0.1, -0.05) is 6.07 Å². The molecular formula is C22H17IN2O4. The number of halogens is 1. The molecule has 1 N–H and O–H groups in total. The number of ether oxygens (including phenoxy) is 2. The fourth-order valence-electron chi connectivity index (χ4n) is 2.89. The number of nitrogens with zero attached hydrogens (tertiary/aromatic N) is 1. The average molecular weight is 500 g/mol.